The SMILES string of the molecule is C[Si](C)(C)[C@H](O)c1ccc2ccccc2c1. The van der Waals surface area contributed by atoms with Gasteiger partial charge in [0.25, 0.3) is 0 Å². The molecule has 0 aliphatic rings. The van der Waals surface area contributed by atoms with Crippen LogP contribution >= 0.6 is 0 Å². The first-order chi connectivity index (χ1) is 7.48. The zero-order chi connectivity index (χ0) is 11.8. The molecule has 1 atom stereocenters. The molecule has 0 aliphatic heterocycles. The third-order valence-corrected chi connectivity index (χ3v) is 4.88. The van der Waals surface area contributed by atoms with Crippen molar-refractivity contribution in [2.24, 2.45) is 0 Å². The van der Waals surface area contributed by atoms with Gasteiger partial charge in [0.1, 0.15) is 0 Å². The molecule has 2 rings (SSSR count). The number of hydrogen-bond acceptors (Lipinski definition) is 1. The third-order valence-electron chi connectivity index (χ3n) is 2.91. The van der Waals surface area contributed by atoms with E-state index in [4.69, 9.17) is 0 Å². The summed E-state index contributed by atoms with van der Waals surface area (Å²) in [6, 6.07) is 14.5. The summed E-state index contributed by atoms with van der Waals surface area (Å²) >= 11 is 0. The van der Waals surface area contributed by atoms with Gasteiger partial charge in [-0.3, -0.25) is 0 Å². The second-order valence-electron chi connectivity index (χ2n) is 5.38. The van der Waals surface area contributed by atoms with E-state index in [-0.39, 0.29) is 5.73 Å². The van der Waals surface area contributed by atoms with Crippen LogP contribution in [0.3, 0.4) is 0 Å². The Morgan fingerprint density at radius 3 is 2.19 bits per heavy atom. The molecule has 84 valence electrons. The van der Waals surface area contributed by atoms with Crippen LogP contribution in [0.4, 0.5) is 0 Å². The van der Waals surface area contributed by atoms with Crippen molar-refractivity contribution in [2.75, 3.05) is 0 Å². The van der Waals surface area contributed by atoms with Crippen molar-refractivity contribution in [3.8, 4) is 0 Å². The number of fused-ring (bicyclic) bond motifs is 1. The van der Waals surface area contributed by atoms with E-state index in [1.807, 2.05) is 18.2 Å². The van der Waals surface area contributed by atoms with Crippen molar-refractivity contribution in [1.82, 2.24) is 0 Å². The van der Waals surface area contributed by atoms with Crippen LogP contribution in [0.1, 0.15) is 11.3 Å². The lowest BCUT2D eigenvalue weighted by Gasteiger charge is -2.24. The van der Waals surface area contributed by atoms with Gasteiger partial charge in [0.15, 0.2) is 0 Å². The van der Waals surface area contributed by atoms with Crippen molar-refractivity contribution in [3.05, 3.63) is 48.0 Å². The molecule has 2 heteroatoms. The molecule has 0 amide bonds. The summed E-state index contributed by atoms with van der Waals surface area (Å²) in [7, 11) is -1.53. The van der Waals surface area contributed by atoms with E-state index in [9.17, 15) is 5.11 Å². The van der Waals surface area contributed by atoms with Gasteiger partial charge in [-0.05, 0) is 22.4 Å². The monoisotopic (exact) mass is 230 g/mol. The Morgan fingerprint density at radius 2 is 1.56 bits per heavy atom. The number of benzene rings is 2. The summed E-state index contributed by atoms with van der Waals surface area (Å²) in [6.07, 6.45) is 0. The lowest BCUT2D eigenvalue weighted by molar-refractivity contribution is 0.250. The van der Waals surface area contributed by atoms with E-state index in [0.717, 1.165) is 5.56 Å². The zero-order valence-corrected chi connectivity index (χ0v) is 11.1. The van der Waals surface area contributed by atoms with Crippen molar-refractivity contribution >= 4 is 18.8 Å². The molecule has 0 unspecified atom stereocenters. The van der Waals surface area contributed by atoms with E-state index < -0.39 is 8.07 Å². The van der Waals surface area contributed by atoms with Gasteiger partial charge in [-0.2, -0.15) is 0 Å². The Balaban J connectivity index is 2.47. The summed E-state index contributed by atoms with van der Waals surface area (Å²) < 4.78 is 0. The van der Waals surface area contributed by atoms with E-state index in [1.165, 1.54) is 10.8 Å². The fraction of sp³-hybridized carbons (Fsp3) is 0.286. The minimum atomic E-state index is -1.53. The molecule has 0 spiro atoms. The standard InChI is InChI=1S/C14H18OSi/c1-16(2,3)14(15)13-9-8-11-6-4-5-7-12(11)10-13/h4-10,14-15H,1-3H3/t14-/m0/s1. The maximum atomic E-state index is 10.3. The van der Waals surface area contributed by atoms with Gasteiger partial charge in [-0.1, -0.05) is 56.0 Å². The van der Waals surface area contributed by atoms with Crippen molar-refractivity contribution in [2.45, 2.75) is 25.4 Å². The molecular weight excluding hydrogens is 212 g/mol. The molecule has 1 nitrogen and oxygen atoms in total. The van der Waals surface area contributed by atoms with E-state index >= 15 is 0 Å². The first kappa shape index (κ1) is 11.4. The summed E-state index contributed by atoms with van der Waals surface area (Å²) in [5, 5.41) is 12.7. The number of hydrogen-bond donors (Lipinski definition) is 1. The van der Waals surface area contributed by atoms with Gasteiger partial charge in [-0.25, -0.2) is 0 Å². The highest BCUT2D eigenvalue weighted by atomic mass is 28.3. The highest BCUT2D eigenvalue weighted by Gasteiger charge is 2.25. The lowest BCUT2D eigenvalue weighted by Crippen LogP contribution is -2.30. The Hall–Kier alpha value is -1.12. The fourth-order valence-corrected chi connectivity index (χ4v) is 3.06. The van der Waals surface area contributed by atoms with Crippen molar-refractivity contribution < 1.29 is 5.11 Å². The van der Waals surface area contributed by atoms with Gasteiger partial charge in [0, 0.05) is 0 Å². The van der Waals surface area contributed by atoms with Crippen LogP contribution in [0, 0.1) is 0 Å². The molecule has 0 fully saturated rings. The molecular formula is C14H18OSi. The summed E-state index contributed by atoms with van der Waals surface area (Å²) in [4.78, 5) is 0. The smallest absolute Gasteiger partial charge is 0.0838 e. The molecule has 16 heavy (non-hydrogen) atoms. The van der Waals surface area contributed by atoms with E-state index in [2.05, 4.69) is 43.9 Å². The van der Waals surface area contributed by atoms with E-state index in [0.29, 0.717) is 0 Å². The molecule has 0 radical (unpaired) electrons. The topological polar surface area (TPSA) is 20.2 Å². The molecule has 0 bridgehead atoms. The highest BCUT2D eigenvalue weighted by molar-refractivity contribution is 6.77. The molecule has 2 aromatic carbocycles. The Morgan fingerprint density at radius 1 is 0.938 bits per heavy atom. The van der Waals surface area contributed by atoms with Crippen LogP contribution in [0.2, 0.25) is 19.6 Å². The van der Waals surface area contributed by atoms with E-state index in [1.54, 1.807) is 0 Å². The van der Waals surface area contributed by atoms with Gasteiger partial charge < -0.3 is 5.11 Å². The zero-order valence-electron chi connectivity index (χ0n) is 10.1. The Bertz CT molecular complexity index is 499. The molecule has 0 aliphatic carbocycles. The maximum absolute atomic E-state index is 10.3. The highest BCUT2D eigenvalue weighted by Crippen LogP contribution is 2.26. The molecule has 0 saturated heterocycles. The van der Waals surface area contributed by atoms with Gasteiger partial charge in [0.05, 0.1) is 13.8 Å². The summed E-state index contributed by atoms with van der Waals surface area (Å²) in [5.41, 5.74) is 0.773. The van der Waals surface area contributed by atoms with Crippen molar-refractivity contribution in [1.29, 1.82) is 0 Å². The second-order valence-corrected chi connectivity index (χ2v) is 10.7. The van der Waals surface area contributed by atoms with Gasteiger partial charge in [0.2, 0.25) is 0 Å². The quantitative estimate of drug-likeness (QED) is 0.779. The van der Waals surface area contributed by atoms with Crippen molar-refractivity contribution in [3.63, 3.8) is 0 Å². The summed E-state index contributed by atoms with van der Waals surface area (Å²) in [6.45, 7) is 6.56. The first-order valence-electron chi connectivity index (χ1n) is 5.65. The number of aliphatic hydroxyl groups excluding tert-OH is 1. The van der Waals surface area contributed by atoms with Gasteiger partial charge >= 0.3 is 0 Å². The molecule has 2 aromatic rings. The van der Waals surface area contributed by atoms with Crippen LogP contribution in [-0.4, -0.2) is 13.2 Å². The maximum Gasteiger partial charge on any atom is 0.0838 e. The number of aliphatic hydroxyl groups is 1. The predicted molar refractivity (Wildman–Crippen MR) is 72.3 cm³/mol. The Labute approximate surface area is 97.7 Å². The van der Waals surface area contributed by atoms with Crippen LogP contribution in [0.5, 0.6) is 0 Å². The minimum Gasteiger partial charge on any atom is -0.392 e. The largest absolute Gasteiger partial charge is 0.392 e. The third kappa shape index (κ3) is 2.18. The van der Waals surface area contributed by atoms with Gasteiger partial charge in [-0.15, -0.1) is 0 Å². The van der Waals surface area contributed by atoms with Crippen LogP contribution in [-0.2, 0) is 0 Å². The minimum absolute atomic E-state index is 0.280. The average Bonchev–Trinajstić information content (AvgIpc) is 2.26. The average molecular weight is 230 g/mol. The molecule has 1 N–H and O–H groups in total. The predicted octanol–water partition coefficient (Wildman–Crippen LogP) is 3.75. The van der Waals surface area contributed by atoms with Crippen LogP contribution in [0.25, 0.3) is 10.8 Å². The van der Waals surface area contributed by atoms with Crippen LogP contribution < -0.4 is 0 Å². The first-order valence-corrected chi connectivity index (χ1v) is 9.23. The fourth-order valence-electron chi connectivity index (χ4n) is 1.88. The molecule has 0 heterocycles. The Kier molecular flexibility index (Phi) is 2.87. The van der Waals surface area contributed by atoms with Crippen LogP contribution in [0.15, 0.2) is 42.5 Å². The second kappa shape index (κ2) is 4.04. The molecule has 0 saturated carbocycles. The molecule has 0 aromatic heterocycles. The number of rotatable bonds is 2. The summed E-state index contributed by atoms with van der Waals surface area (Å²) in [5.74, 6) is 0. The lowest BCUT2D eigenvalue weighted by atomic mass is 10.1. The normalized spacial score (nSPS) is 14.0.